The molecule has 18 heavy (non-hydrogen) atoms. The molecule has 0 saturated carbocycles. The number of benzene rings is 1. The van der Waals surface area contributed by atoms with Crippen molar-refractivity contribution in [1.29, 1.82) is 0 Å². The van der Waals surface area contributed by atoms with Crippen LogP contribution in [0.4, 0.5) is 4.39 Å². The number of nitrogens with zero attached hydrogens (tertiary/aromatic N) is 2. The SMILES string of the molecule is Cn1nccc1CNC(=O)c1ccc(F)c(S)c1. The summed E-state index contributed by atoms with van der Waals surface area (Å²) in [5, 5.41) is 6.73. The van der Waals surface area contributed by atoms with Gasteiger partial charge in [0, 0.05) is 23.7 Å². The lowest BCUT2D eigenvalue weighted by Crippen LogP contribution is -2.24. The van der Waals surface area contributed by atoms with Crippen LogP contribution in [0.25, 0.3) is 0 Å². The molecule has 2 rings (SSSR count). The lowest BCUT2D eigenvalue weighted by Gasteiger charge is -2.06. The van der Waals surface area contributed by atoms with Crippen LogP contribution >= 0.6 is 12.6 Å². The summed E-state index contributed by atoms with van der Waals surface area (Å²) in [5.74, 6) is -0.715. The number of hydrogen-bond donors (Lipinski definition) is 2. The predicted octanol–water partition coefficient (Wildman–Crippen LogP) is 1.78. The third-order valence-corrected chi connectivity index (χ3v) is 2.90. The second-order valence-electron chi connectivity index (χ2n) is 3.80. The number of amides is 1. The molecule has 94 valence electrons. The van der Waals surface area contributed by atoms with Crippen LogP contribution in [0, 0.1) is 5.82 Å². The smallest absolute Gasteiger partial charge is 0.251 e. The molecule has 0 radical (unpaired) electrons. The van der Waals surface area contributed by atoms with Gasteiger partial charge in [-0.05, 0) is 24.3 Å². The first-order valence-corrected chi connectivity index (χ1v) is 5.76. The molecule has 1 N–H and O–H groups in total. The van der Waals surface area contributed by atoms with Crippen molar-refractivity contribution in [1.82, 2.24) is 15.1 Å². The van der Waals surface area contributed by atoms with Gasteiger partial charge in [-0.3, -0.25) is 9.48 Å². The van der Waals surface area contributed by atoms with Gasteiger partial charge in [-0.2, -0.15) is 5.10 Å². The maximum absolute atomic E-state index is 13.0. The monoisotopic (exact) mass is 265 g/mol. The van der Waals surface area contributed by atoms with Gasteiger partial charge in [0.05, 0.1) is 12.2 Å². The second-order valence-corrected chi connectivity index (χ2v) is 4.28. The molecule has 1 amide bonds. The largest absolute Gasteiger partial charge is 0.346 e. The van der Waals surface area contributed by atoms with Crippen LogP contribution in [0.15, 0.2) is 35.4 Å². The number of aromatic nitrogens is 2. The van der Waals surface area contributed by atoms with E-state index in [-0.39, 0.29) is 10.8 Å². The summed E-state index contributed by atoms with van der Waals surface area (Å²) in [6.45, 7) is 0.370. The van der Waals surface area contributed by atoms with E-state index in [4.69, 9.17) is 0 Å². The van der Waals surface area contributed by atoms with Gasteiger partial charge in [0.2, 0.25) is 0 Å². The Bertz CT molecular complexity index is 582. The first-order chi connectivity index (χ1) is 8.58. The molecule has 0 unspecified atom stereocenters. The first-order valence-electron chi connectivity index (χ1n) is 5.31. The molecular formula is C12H12FN3OS. The summed E-state index contributed by atoms with van der Waals surface area (Å²) in [5.41, 5.74) is 1.26. The number of carbonyl (C=O) groups is 1. The summed E-state index contributed by atoms with van der Waals surface area (Å²) in [6.07, 6.45) is 1.66. The van der Waals surface area contributed by atoms with E-state index in [0.717, 1.165) is 5.69 Å². The highest BCUT2D eigenvalue weighted by Gasteiger charge is 2.08. The lowest BCUT2D eigenvalue weighted by atomic mass is 10.2. The zero-order chi connectivity index (χ0) is 13.1. The highest BCUT2D eigenvalue weighted by atomic mass is 32.1. The molecule has 0 saturated heterocycles. The van der Waals surface area contributed by atoms with Crippen molar-refractivity contribution in [2.45, 2.75) is 11.4 Å². The molecule has 2 aromatic rings. The Labute approximate surface area is 109 Å². The van der Waals surface area contributed by atoms with Gasteiger partial charge >= 0.3 is 0 Å². The molecular weight excluding hydrogens is 253 g/mol. The second kappa shape index (κ2) is 5.22. The molecule has 4 nitrogen and oxygen atoms in total. The van der Waals surface area contributed by atoms with Crippen LogP contribution < -0.4 is 5.32 Å². The maximum Gasteiger partial charge on any atom is 0.251 e. The van der Waals surface area contributed by atoms with E-state index in [1.165, 1.54) is 18.2 Å². The van der Waals surface area contributed by atoms with E-state index >= 15 is 0 Å². The Hall–Kier alpha value is -1.82. The van der Waals surface area contributed by atoms with Crippen molar-refractivity contribution in [3.63, 3.8) is 0 Å². The number of carbonyl (C=O) groups excluding carboxylic acids is 1. The van der Waals surface area contributed by atoms with Crippen molar-refractivity contribution in [2.24, 2.45) is 7.05 Å². The minimum absolute atomic E-state index is 0.156. The number of aryl methyl sites for hydroxylation is 1. The summed E-state index contributed by atoms with van der Waals surface area (Å²) >= 11 is 3.94. The Morgan fingerprint density at radius 1 is 1.50 bits per heavy atom. The minimum atomic E-state index is -0.443. The van der Waals surface area contributed by atoms with E-state index in [2.05, 4.69) is 23.0 Å². The Kier molecular flexibility index (Phi) is 3.66. The number of nitrogens with one attached hydrogen (secondary N) is 1. The molecule has 0 atom stereocenters. The molecule has 0 spiro atoms. The maximum atomic E-state index is 13.0. The van der Waals surface area contributed by atoms with Crippen LogP contribution in [0.3, 0.4) is 0 Å². The Morgan fingerprint density at radius 3 is 2.89 bits per heavy atom. The van der Waals surface area contributed by atoms with Crippen LogP contribution in [0.5, 0.6) is 0 Å². The van der Waals surface area contributed by atoms with Crippen molar-refractivity contribution in [2.75, 3.05) is 0 Å². The van der Waals surface area contributed by atoms with Crippen LogP contribution in [-0.2, 0) is 13.6 Å². The fraction of sp³-hybridized carbons (Fsp3) is 0.167. The number of halogens is 1. The normalized spacial score (nSPS) is 10.4. The number of hydrogen-bond acceptors (Lipinski definition) is 3. The molecule has 1 heterocycles. The van der Waals surface area contributed by atoms with Gasteiger partial charge in [0.25, 0.3) is 5.91 Å². The highest BCUT2D eigenvalue weighted by Crippen LogP contribution is 2.14. The number of rotatable bonds is 3. The number of thiol groups is 1. The van der Waals surface area contributed by atoms with E-state index in [1.54, 1.807) is 17.9 Å². The van der Waals surface area contributed by atoms with Crippen LogP contribution in [0.2, 0.25) is 0 Å². The summed E-state index contributed by atoms with van der Waals surface area (Å²) in [6, 6.07) is 5.86. The summed E-state index contributed by atoms with van der Waals surface area (Å²) in [4.78, 5) is 12.0. The van der Waals surface area contributed by atoms with Gasteiger partial charge in [-0.1, -0.05) is 0 Å². The Balaban J connectivity index is 2.04. The van der Waals surface area contributed by atoms with Crippen molar-refractivity contribution >= 4 is 18.5 Å². The third-order valence-electron chi connectivity index (χ3n) is 2.56. The molecule has 0 aliphatic carbocycles. The predicted molar refractivity (Wildman–Crippen MR) is 68.0 cm³/mol. The van der Waals surface area contributed by atoms with Gasteiger partial charge < -0.3 is 5.32 Å². The fourth-order valence-electron chi connectivity index (χ4n) is 1.50. The van der Waals surface area contributed by atoms with E-state index < -0.39 is 5.82 Å². The topological polar surface area (TPSA) is 46.9 Å². The van der Waals surface area contributed by atoms with E-state index in [0.29, 0.717) is 12.1 Å². The molecule has 0 fully saturated rings. The first kappa shape index (κ1) is 12.6. The summed E-state index contributed by atoms with van der Waals surface area (Å²) < 4.78 is 14.7. The minimum Gasteiger partial charge on any atom is -0.346 e. The molecule has 0 aliphatic heterocycles. The Morgan fingerprint density at radius 2 is 2.28 bits per heavy atom. The molecule has 1 aromatic heterocycles. The zero-order valence-corrected chi connectivity index (χ0v) is 10.6. The van der Waals surface area contributed by atoms with Gasteiger partial charge in [-0.15, -0.1) is 12.6 Å². The van der Waals surface area contributed by atoms with E-state index in [9.17, 15) is 9.18 Å². The zero-order valence-electron chi connectivity index (χ0n) is 9.72. The quantitative estimate of drug-likeness (QED) is 0.831. The van der Waals surface area contributed by atoms with Crippen molar-refractivity contribution in [3.05, 3.63) is 47.5 Å². The van der Waals surface area contributed by atoms with E-state index in [1.807, 2.05) is 6.07 Å². The fourth-order valence-corrected chi connectivity index (χ4v) is 1.72. The van der Waals surface area contributed by atoms with Gasteiger partial charge in [0.1, 0.15) is 5.82 Å². The molecule has 0 bridgehead atoms. The van der Waals surface area contributed by atoms with Crippen molar-refractivity contribution < 1.29 is 9.18 Å². The van der Waals surface area contributed by atoms with Crippen LogP contribution in [-0.4, -0.2) is 15.7 Å². The molecule has 6 heteroatoms. The highest BCUT2D eigenvalue weighted by molar-refractivity contribution is 7.80. The third kappa shape index (κ3) is 2.70. The van der Waals surface area contributed by atoms with Crippen molar-refractivity contribution in [3.8, 4) is 0 Å². The molecule has 1 aromatic carbocycles. The molecule has 0 aliphatic rings. The lowest BCUT2D eigenvalue weighted by molar-refractivity contribution is 0.0949. The average molecular weight is 265 g/mol. The standard InChI is InChI=1S/C12H12FN3OS/c1-16-9(4-5-15-16)7-14-12(17)8-2-3-10(13)11(18)6-8/h2-6,18H,7H2,1H3,(H,14,17). The van der Waals surface area contributed by atoms with Gasteiger partial charge in [-0.25, -0.2) is 4.39 Å². The van der Waals surface area contributed by atoms with Gasteiger partial charge in [0.15, 0.2) is 0 Å². The van der Waals surface area contributed by atoms with Crippen LogP contribution in [0.1, 0.15) is 16.1 Å². The average Bonchev–Trinajstić information content (AvgIpc) is 2.75. The summed E-state index contributed by atoms with van der Waals surface area (Å²) in [7, 11) is 1.80.